The van der Waals surface area contributed by atoms with Gasteiger partial charge in [-0.05, 0) is 41.8 Å². The van der Waals surface area contributed by atoms with E-state index < -0.39 is 5.91 Å². The van der Waals surface area contributed by atoms with Gasteiger partial charge in [0.25, 0.3) is 5.56 Å². The molecule has 0 bridgehead atoms. The number of amides is 1. The van der Waals surface area contributed by atoms with Crippen LogP contribution in [0.5, 0.6) is 0 Å². The number of carbonyl (C=O) groups excluding carboxylic acids is 1. The zero-order chi connectivity index (χ0) is 21.7. The van der Waals surface area contributed by atoms with Gasteiger partial charge in [-0.25, -0.2) is 0 Å². The fourth-order valence-electron chi connectivity index (χ4n) is 3.48. The lowest BCUT2D eigenvalue weighted by Crippen LogP contribution is -2.28. The number of aryl methyl sites for hydroxylation is 1. The van der Waals surface area contributed by atoms with Crippen molar-refractivity contribution in [2.45, 2.75) is 25.8 Å². The van der Waals surface area contributed by atoms with Crippen molar-refractivity contribution >= 4 is 27.5 Å². The lowest BCUT2D eigenvalue weighted by molar-refractivity contribution is -0.118. The normalized spacial score (nSPS) is 12.5. The first kappa shape index (κ1) is 21.5. The van der Waals surface area contributed by atoms with Crippen molar-refractivity contribution in [1.29, 1.82) is 0 Å². The summed E-state index contributed by atoms with van der Waals surface area (Å²) in [6.45, 7) is 1.81. The van der Waals surface area contributed by atoms with Crippen molar-refractivity contribution in [2.24, 2.45) is 10.9 Å². The highest BCUT2D eigenvalue weighted by molar-refractivity contribution is 9.10. The van der Waals surface area contributed by atoms with E-state index in [1.54, 1.807) is 6.07 Å². The van der Waals surface area contributed by atoms with Gasteiger partial charge in [-0.3, -0.25) is 9.59 Å². The summed E-state index contributed by atoms with van der Waals surface area (Å²) in [6.07, 6.45) is 1.90. The van der Waals surface area contributed by atoms with Crippen LogP contribution in [-0.4, -0.2) is 21.4 Å². The highest BCUT2D eigenvalue weighted by Gasteiger charge is 2.21. The number of halogens is 1. The van der Waals surface area contributed by atoms with E-state index in [1.807, 2.05) is 49.4 Å². The van der Waals surface area contributed by atoms with Crippen molar-refractivity contribution in [3.63, 3.8) is 0 Å². The molecule has 7 heteroatoms. The molecule has 154 valence electrons. The zero-order valence-electron chi connectivity index (χ0n) is 16.5. The third-order valence-corrected chi connectivity index (χ3v) is 5.53. The van der Waals surface area contributed by atoms with E-state index in [4.69, 9.17) is 5.73 Å². The molecule has 0 spiro atoms. The van der Waals surface area contributed by atoms with Gasteiger partial charge in [0.05, 0.1) is 5.71 Å². The van der Waals surface area contributed by atoms with E-state index in [-0.39, 0.29) is 18.0 Å². The maximum Gasteiger partial charge on any atom is 0.251 e. The van der Waals surface area contributed by atoms with E-state index >= 15 is 0 Å². The number of hydrogen-bond acceptors (Lipinski definition) is 4. The quantitative estimate of drug-likeness (QED) is 0.314. The second kappa shape index (κ2) is 9.54. The lowest BCUT2D eigenvalue weighted by Gasteiger charge is -2.21. The van der Waals surface area contributed by atoms with E-state index in [0.29, 0.717) is 17.7 Å². The second-order valence-corrected chi connectivity index (χ2v) is 7.98. The summed E-state index contributed by atoms with van der Waals surface area (Å²) in [5.74, 6) is -0.689. The molecule has 0 fully saturated rings. The highest BCUT2D eigenvalue weighted by atomic mass is 79.9. The monoisotopic (exact) mass is 467 g/mol. The van der Waals surface area contributed by atoms with E-state index in [9.17, 15) is 14.8 Å². The molecule has 0 saturated carbocycles. The fraction of sp³-hybridized carbons (Fsp3) is 0.174. The van der Waals surface area contributed by atoms with Crippen LogP contribution in [0.3, 0.4) is 0 Å². The van der Waals surface area contributed by atoms with Gasteiger partial charge < -0.3 is 15.5 Å². The molecule has 0 aliphatic heterocycles. The molecule has 0 aliphatic carbocycles. The SMILES string of the molecule is Cc1ccccc1C(C/C(=N/O)c1ccc(=O)n(CC(N)=O)c1)c1ccc(Br)cc1. The summed E-state index contributed by atoms with van der Waals surface area (Å²) < 4.78 is 2.19. The van der Waals surface area contributed by atoms with E-state index in [1.165, 1.54) is 16.8 Å². The number of hydrogen-bond donors (Lipinski definition) is 2. The molecule has 2 aromatic carbocycles. The second-order valence-electron chi connectivity index (χ2n) is 7.06. The van der Waals surface area contributed by atoms with Gasteiger partial charge in [-0.15, -0.1) is 0 Å². The van der Waals surface area contributed by atoms with Crippen LogP contribution in [-0.2, 0) is 11.3 Å². The summed E-state index contributed by atoms with van der Waals surface area (Å²) in [6, 6.07) is 19.0. The Hall–Kier alpha value is -3.19. The van der Waals surface area contributed by atoms with Crippen molar-refractivity contribution in [2.75, 3.05) is 0 Å². The van der Waals surface area contributed by atoms with Gasteiger partial charge in [0.2, 0.25) is 5.91 Å². The summed E-state index contributed by atoms with van der Waals surface area (Å²) in [5.41, 5.74) is 9.15. The van der Waals surface area contributed by atoms with Crippen LogP contribution in [0.4, 0.5) is 0 Å². The zero-order valence-corrected chi connectivity index (χ0v) is 18.0. The molecule has 1 heterocycles. The molecule has 0 saturated heterocycles. The summed E-state index contributed by atoms with van der Waals surface area (Å²) in [4.78, 5) is 23.3. The first-order valence-electron chi connectivity index (χ1n) is 9.40. The largest absolute Gasteiger partial charge is 0.411 e. The molecule has 1 aromatic heterocycles. The van der Waals surface area contributed by atoms with Gasteiger partial charge in [0.15, 0.2) is 0 Å². The van der Waals surface area contributed by atoms with Crippen LogP contribution in [0, 0.1) is 6.92 Å². The predicted octanol–water partition coefficient (Wildman–Crippen LogP) is 3.81. The fourth-order valence-corrected chi connectivity index (χ4v) is 3.75. The Morgan fingerprint density at radius 3 is 2.47 bits per heavy atom. The number of nitrogens with zero attached hydrogens (tertiary/aromatic N) is 2. The number of rotatable bonds is 7. The standard InChI is InChI=1S/C23H22BrN3O3/c1-15-4-2-3-5-19(15)20(16-6-9-18(24)10-7-16)12-21(26-30)17-8-11-23(29)27(13-17)14-22(25)28/h2-11,13,20,30H,12,14H2,1H3,(H2,25,28)/b26-21-. The molecule has 1 amide bonds. The molecular weight excluding hydrogens is 446 g/mol. The molecule has 30 heavy (non-hydrogen) atoms. The molecular formula is C23H22BrN3O3. The Labute approximate surface area is 182 Å². The molecule has 1 unspecified atom stereocenters. The van der Waals surface area contributed by atoms with Gasteiger partial charge in [0, 0.05) is 34.6 Å². The number of pyridine rings is 1. The van der Waals surface area contributed by atoms with Crippen LogP contribution >= 0.6 is 15.9 Å². The Bertz CT molecular complexity index is 1140. The Balaban J connectivity index is 2.03. The third-order valence-electron chi connectivity index (χ3n) is 5.00. The van der Waals surface area contributed by atoms with E-state index in [2.05, 4.69) is 27.2 Å². The van der Waals surface area contributed by atoms with Crippen molar-refractivity contribution < 1.29 is 10.0 Å². The first-order chi connectivity index (χ1) is 14.4. The number of nitrogens with two attached hydrogens (primary N) is 1. The number of aromatic nitrogens is 1. The summed E-state index contributed by atoms with van der Waals surface area (Å²) in [7, 11) is 0. The van der Waals surface area contributed by atoms with Crippen molar-refractivity contribution in [3.05, 3.63) is 104 Å². The molecule has 6 nitrogen and oxygen atoms in total. The van der Waals surface area contributed by atoms with Crippen LogP contribution in [0.25, 0.3) is 0 Å². The number of primary amides is 1. The number of oxime groups is 1. The minimum atomic E-state index is -0.621. The smallest absolute Gasteiger partial charge is 0.251 e. The van der Waals surface area contributed by atoms with Gasteiger partial charge >= 0.3 is 0 Å². The Morgan fingerprint density at radius 1 is 1.13 bits per heavy atom. The average Bonchev–Trinajstić information content (AvgIpc) is 2.72. The Kier molecular flexibility index (Phi) is 6.84. The summed E-state index contributed by atoms with van der Waals surface area (Å²) >= 11 is 3.47. The van der Waals surface area contributed by atoms with Crippen LogP contribution in [0.2, 0.25) is 0 Å². The van der Waals surface area contributed by atoms with Crippen LogP contribution < -0.4 is 11.3 Å². The van der Waals surface area contributed by atoms with Crippen molar-refractivity contribution in [1.82, 2.24) is 4.57 Å². The summed E-state index contributed by atoms with van der Waals surface area (Å²) in [5, 5.41) is 13.3. The van der Waals surface area contributed by atoms with Crippen LogP contribution in [0.15, 0.2) is 81.3 Å². The lowest BCUT2D eigenvalue weighted by atomic mass is 9.83. The number of carbonyl (C=O) groups is 1. The highest BCUT2D eigenvalue weighted by Crippen LogP contribution is 2.32. The number of benzene rings is 2. The predicted molar refractivity (Wildman–Crippen MR) is 120 cm³/mol. The molecule has 3 N–H and O–H groups in total. The Morgan fingerprint density at radius 2 is 1.83 bits per heavy atom. The minimum Gasteiger partial charge on any atom is -0.411 e. The molecule has 3 aromatic rings. The van der Waals surface area contributed by atoms with Crippen LogP contribution in [0.1, 0.15) is 34.6 Å². The van der Waals surface area contributed by atoms with Gasteiger partial charge in [0.1, 0.15) is 6.54 Å². The first-order valence-corrected chi connectivity index (χ1v) is 10.2. The minimum absolute atomic E-state index is 0.0679. The third kappa shape index (κ3) is 5.04. The van der Waals surface area contributed by atoms with Gasteiger partial charge in [-0.1, -0.05) is 57.5 Å². The maximum absolute atomic E-state index is 12.0. The molecule has 3 rings (SSSR count). The molecule has 0 radical (unpaired) electrons. The van der Waals surface area contributed by atoms with Gasteiger partial charge in [-0.2, -0.15) is 0 Å². The topological polar surface area (TPSA) is 97.7 Å². The maximum atomic E-state index is 12.0. The molecule has 0 aliphatic rings. The molecule has 1 atom stereocenters. The average molecular weight is 468 g/mol. The van der Waals surface area contributed by atoms with E-state index in [0.717, 1.165) is 21.2 Å². The van der Waals surface area contributed by atoms with Crippen molar-refractivity contribution in [3.8, 4) is 0 Å².